The van der Waals surface area contributed by atoms with Gasteiger partial charge in [0.15, 0.2) is 0 Å². The van der Waals surface area contributed by atoms with Crippen LogP contribution in [0, 0.1) is 0 Å². The second-order valence-corrected chi connectivity index (χ2v) is 3.29. The molecule has 84 valence electrons. The Morgan fingerprint density at radius 2 is 2.13 bits per heavy atom. The van der Waals surface area contributed by atoms with Gasteiger partial charge in [-0.15, -0.1) is 0 Å². The number of hydrogen-bond acceptors (Lipinski definition) is 4. The van der Waals surface area contributed by atoms with Crippen LogP contribution in [0.15, 0.2) is 6.07 Å². The second kappa shape index (κ2) is 6.35. The van der Waals surface area contributed by atoms with Crippen LogP contribution in [0.4, 0.5) is 5.82 Å². The van der Waals surface area contributed by atoms with E-state index in [0.29, 0.717) is 6.61 Å². The molecule has 0 saturated carbocycles. The van der Waals surface area contributed by atoms with E-state index in [1.807, 2.05) is 6.07 Å². The predicted octanol–water partition coefficient (Wildman–Crippen LogP) is 1.66. The van der Waals surface area contributed by atoms with Crippen molar-refractivity contribution in [1.29, 1.82) is 0 Å². The maximum absolute atomic E-state index is 5.02. The molecule has 1 aromatic rings. The second-order valence-electron chi connectivity index (χ2n) is 3.29. The van der Waals surface area contributed by atoms with Gasteiger partial charge in [0.1, 0.15) is 11.6 Å². The predicted molar refractivity (Wildman–Crippen MR) is 61.2 cm³/mol. The van der Waals surface area contributed by atoms with Gasteiger partial charge in [0.2, 0.25) is 0 Å². The molecule has 1 heterocycles. The first-order chi connectivity index (χ1) is 7.30. The SMILES string of the molecule is CCNc1cc(CC)nc(CCOC)n1. The Kier molecular flexibility index (Phi) is 5.04. The molecule has 0 aliphatic heterocycles. The lowest BCUT2D eigenvalue weighted by Gasteiger charge is -2.07. The average molecular weight is 209 g/mol. The van der Waals surface area contributed by atoms with Crippen LogP contribution in [0.5, 0.6) is 0 Å². The largest absolute Gasteiger partial charge is 0.384 e. The smallest absolute Gasteiger partial charge is 0.133 e. The number of rotatable bonds is 6. The highest BCUT2D eigenvalue weighted by Crippen LogP contribution is 2.07. The number of aryl methyl sites for hydroxylation is 1. The molecule has 0 aliphatic rings. The fourth-order valence-corrected chi connectivity index (χ4v) is 1.31. The third-order valence-corrected chi connectivity index (χ3v) is 2.08. The van der Waals surface area contributed by atoms with Crippen molar-refractivity contribution in [3.05, 3.63) is 17.6 Å². The van der Waals surface area contributed by atoms with Crippen LogP contribution in [0.3, 0.4) is 0 Å². The van der Waals surface area contributed by atoms with E-state index in [1.54, 1.807) is 7.11 Å². The molecule has 0 saturated heterocycles. The molecular formula is C11H19N3O. The molecule has 4 heteroatoms. The molecule has 0 aromatic carbocycles. The summed E-state index contributed by atoms with van der Waals surface area (Å²) in [6, 6.07) is 2.00. The molecule has 0 bridgehead atoms. The fourth-order valence-electron chi connectivity index (χ4n) is 1.31. The molecule has 0 aliphatic carbocycles. The number of nitrogens with one attached hydrogen (secondary N) is 1. The van der Waals surface area contributed by atoms with Crippen molar-refractivity contribution in [1.82, 2.24) is 9.97 Å². The normalized spacial score (nSPS) is 10.3. The lowest BCUT2D eigenvalue weighted by atomic mass is 10.3. The van der Waals surface area contributed by atoms with Gasteiger partial charge in [-0.2, -0.15) is 0 Å². The Morgan fingerprint density at radius 3 is 2.73 bits per heavy atom. The van der Waals surface area contributed by atoms with Crippen molar-refractivity contribution >= 4 is 5.82 Å². The highest BCUT2D eigenvalue weighted by molar-refractivity contribution is 5.35. The molecule has 0 radical (unpaired) electrons. The number of hydrogen-bond donors (Lipinski definition) is 1. The van der Waals surface area contributed by atoms with Crippen LogP contribution < -0.4 is 5.32 Å². The summed E-state index contributed by atoms with van der Waals surface area (Å²) in [5.41, 5.74) is 1.08. The highest BCUT2D eigenvalue weighted by Gasteiger charge is 2.02. The summed E-state index contributed by atoms with van der Waals surface area (Å²) in [5, 5.41) is 3.21. The Hall–Kier alpha value is -1.16. The summed E-state index contributed by atoms with van der Waals surface area (Å²) in [6.07, 6.45) is 1.70. The Balaban J connectivity index is 2.79. The van der Waals surface area contributed by atoms with Gasteiger partial charge in [-0.25, -0.2) is 9.97 Å². The van der Waals surface area contributed by atoms with Gasteiger partial charge in [0.25, 0.3) is 0 Å². The first-order valence-electron chi connectivity index (χ1n) is 5.39. The van der Waals surface area contributed by atoms with Crippen molar-refractivity contribution in [3.8, 4) is 0 Å². The monoisotopic (exact) mass is 209 g/mol. The summed E-state index contributed by atoms with van der Waals surface area (Å²) < 4.78 is 5.02. The Morgan fingerprint density at radius 1 is 1.33 bits per heavy atom. The van der Waals surface area contributed by atoms with Crippen LogP contribution in [0.2, 0.25) is 0 Å². The maximum atomic E-state index is 5.02. The molecule has 4 nitrogen and oxygen atoms in total. The van der Waals surface area contributed by atoms with E-state index < -0.39 is 0 Å². The van der Waals surface area contributed by atoms with Crippen molar-refractivity contribution in [2.75, 3.05) is 25.6 Å². The summed E-state index contributed by atoms with van der Waals surface area (Å²) in [4.78, 5) is 8.85. The Bertz CT molecular complexity index is 302. The minimum atomic E-state index is 0.665. The molecule has 15 heavy (non-hydrogen) atoms. The average Bonchev–Trinajstić information content (AvgIpc) is 2.26. The van der Waals surface area contributed by atoms with Crippen molar-refractivity contribution < 1.29 is 4.74 Å². The summed E-state index contributed by atoms with van der Waals surface area (Å²) in [7, 11) is 1.69. The lowest BCUT2D eigenvalue weighted by Crippen LogP contribution is -2.07. The van der Waals surface area contributed by atoms with E-state index in [4.69, 9.17) is 4.74 Å². The van der Waals surface area contributed by atoms with E-state index in [1.165, 1.54) is 0 Å². The maximum Gasteiger partial charge on any atom is 0.133 e. The first kappa shape index (κ1) is 11.9. The first-order valence-corrected chi connectivity index (χ1v) is 5.39. The molecule has 1 rings (SSSR count). The standard InChI is InChI=1S/C11H19N3O/c1-4-9-8-11(12-5-2)14-10(13-9)6-7-15-3/h8H,4-7H2,1-3H3,(H,12,13,14). The van der Waals surface area contributed by atoms with Gasteiger partial charge in [0.05, 0.1) is 6.61 Å². The zero-order valence-corrected chi connectivity index (χ0v) is 9.71. The van der Waals surface area contributed by atoms with Gasteiger partial charge in [0, 0.05) is 31.8 Å². The van der Waals surface area contributed by atoms with Crippen LogP contribution in [0.25, 0.3) is 0 Å². The number of aromatic nitrogens is 2. The van der Waals surface area contributed by atoms with Gasteiger partial charge in [-0.3, -0.25) is 0 Å². The summed E-state index contributed by atoms with van der Waals surface area (Å²) in [5.74, 6) is 1.77. The zero-order valence-electron chi connectivity index (χ0n) is 9.71. The van der Waals surface area contributed by atoms with Crippen molar-refractivity contribution in [3.63, 3.8) is 0 Å². The number of nitrogens with zero attached hydrogens (tertiary/aromatic N) is 2. The van der Waals surface area contributed by atoms with E-state index in [9.17, 15) is 0 Å². The fraction of sp³-hybridized carbons (Fsp3) is 0.636. The van der Waals surface area contributed by atoms with E-state index in [2.05, 4.69) is 29.1 Å². The zero-order chi connectivity index (χ0) is 11.1. The number of methoxy groups -OCH3 is 1. The molecule has 1 aromatic heterocycles. The highest BCUT2D eigenvalue weighted by atomic mass is 16.5. The van der Waals surface area contributed by atoms with Crippen LogP contribution >= 0.6 is 0 Å². The summed E-state index contributed by atoms with van der Waals surface area (Å²) >= 11 is 0. The topological polar surface area (TPSA) is 47.0 Å². The van der Waals surface area contributed by atoms with E-state index in [-0.39, 0.29) is 0 Å². The van der Waals surface area contributed by atoms with E-state index in [0.717, 1.165) is 36.7 Å². The van der Waals surface area contributed by atoms with Crippen LogP contribution in [0.1, 0.15) is 25.4 Å². The quantitative estimate of drug-likeness (QED) is 0.774. The third-order valence-electron chi connectivity index (χ3n) is 2.08. The van der Waals surface area contributed by atoms with Crippen molar-refractivity contribution in [2.45, 2.75) is 26.7 Å². The number of ether oxygens (including phenoxy) is 1. The molecule has 0 spiro atoms. The molecule has 1 N–H and O–H groups in total. The minimum absolute atomic E-state index is 0.665. The number of anilines is 1. The molecular weight excluding hydrogens is 190 g/mol. The van der Waals surface area contributed by atoms with Crippen molar-refractivity contribution in [2.24, 2.45) is 0 Å². The molecule has 0 unspecified atom stereocenters. The van der Waals surface area contributed by atoms with Gasteiger partial charge in [-0.05, 0) is 13.3 Å². The molecule has 0 atom stereocenters. The van der Waals surface area contributed by atoms with Gasteiger partial charge < -0.3 is 10.1 Å². The minimum Gasteiger partial charge on any atom is -0.384 e. The van der Waals surface area contributed by atoms with Gasteiger partial charge >= 0.3 is 0 Å². The van der Waals surface area contributed by atoms with Crippen LogP contribution in [-0.2, 0) is 17.6 Å². The molecule has 0 amide bonds. The molecule has 0 fully saturated rings. The lowest BCUT2D eigenvalue weighted by molar-refractivity contribution is 0.200. The van der Waals surface area contributed by atoms with E-state index >= 15 is 0 Å². The van der Waals surface area contributed by atoms with Crippen LogP contribution in [-0.4, -0.2) is 30.2 Å². The Labute approximate surface area is 91.1 Å². The van der Waals surface area contributed by atoms with Gasteiger partial charge in [-0.1, -0.05) is 6.92 Å². The third kappa shape index (κ3) is 3.83. The summed E-state index contributed by atoms with van der Waals surface area (Å²) in [6.45, 7) is 5.70.